The molecule has 2 N–H and O–H groups in total. The van der Waals surface area contributed by atoms with Gasteiger partial charge in [0.15, 0.2) is 0 Å². The Kier molecular flexibility index (Phi) is 4.59. The van der Waals surface area contributed by atoms with Gasteiger partial charge < -0.3 is 20.2 Å². The fourth-order valence-electron chi connectivity index (χ4n) is 3.74. The van der Waals surface area contributed by atoms with E-state index in [-0.39, 0.29) is 6.04 Å². The monoisotopic (exact) mass is 367 g/mol. The highest BCUT2D eigenvalue weighted by molar-refractivity contribution is 8.02. The van der Waals surface area contributed by atoms with Gasteiger partial charge in [0.2, 0.25) is 0 Å². The van der Waals surface area contributed by atoms with E-state index in [1.807, 2.05) is 32.3 Å². The van der Waals surface area contributed by atoms with Gasteiger partial charge in [-0.15, -0.1) is 11.8 Å². The van der Waals surface area contributed by atoms with Crippen LogP contribution < -0.4 is 10.2 Å². The zero-order chi connectivity index (χ0) is 18.1. The number of anilines is 1. The minimum Gasteiger partial charge on any atom is -0.383 e. The summed E-state index contributed by atoms with van der Waals surface area (Å²) in [6.07, 6.45) is 0.679. The molecule has 1 fully saturated rings. The molecule has 2 aromatic carbocycles. The van der Waals surface area contributed by atoms with Crippen LogP contribution in [0.5, 0.6) is 0 Å². The van der Waals surface area contributed by atoms with Crippen molar-refractivity contribution in [2.45, 2.75) is 18.1 Å². The molecule has 5 heteroatoms. The predicted molar refractivity (Wildman–Crippen MR) is 109 cm³/mol. The Balaban J connectivity index is 1.77. The van der Waals surface area contributed by atoms with Gasteiger partial charge in [0.25, 0.3) is 0 Å². The van der Waals surface area contributed by atoms with Crippen LogP contribution >= 0.6 is 11.8 Å². The zero-order valence-corrected chi connectivity index (χ0v) is 16.0. The molecule has 2 aliphatic heterocycles. The Labute approximate surface area is 159 Å². The zero-order valence-electron chi connectivity index (χ0n) is 15.2. The summed E-state index contributed by atoms with van der Waals surface area (Å²) in [7, 11) is 4.06. The molecule has 0 bridgehead atoms. The first-order chi connectivity index (χ1) is 12.6. The first-order valence-corrected chi connectivity index (χ1v) is 10.0. The SMILES string of the molecule is CN(C)c1ccc(C2(O)CCN3CSC=C3NC2c2ccccc2)cc1. The lowest BCUT2D eigenvalue weighted by atomic mass is 9.80. The van der Waals surface area contributed by atoms with E-state index in [2.05, 4.69) is 56.9 Å². The molecule has 0 radical (unpaired) electrons. The maximum atomic E-state index is 11.9. The van der Waals surface area contributed by atoms with Gasteiger partial charge in [-0.3, -0.25) is 0 Å². The Morgan fingerprint density at radius 1 is 1.12 bits per heavy atom. The number of rotatable bonds is 3. The van der Waals surface area contributed by atoms with E-state index in [0.717, 1.165) is 35.1 Å². The number of nitrogens with zero attached hydrogens (tertiary/aromatic N) is 2. The van der Waals surface area contributed by atoms with Crippen LogP contribution in [-0.4, -0.2) is 36.5 Å². The number of aliphatic hydroxyl groups is 1. The molecular weight excluding hydrogens is 342 g/mol. The minimum atomic E-state index is -0.970. The largest absolute Gasteiger partial charge is 0.383 e. The molecule has 0 aliphatic carbocycles. The Morgan fingerprint density at radius 2 is 1.85 bits per heavy atom. The van der Waals surface area contributed by atoms with Crippen LogP contribution in [0.2, 0.25) is 0 Å². The van der Waals surface area contributed by atoms with Gasteiger partial charge in [-0.1, -0.05) is 42.5 Å². The topological polar surface area (TPSA) is 38.7 Å². The van der Waals surface area contributed by atoms with Crippen molar-refractivity contribution in [2.24, 2.45) is 0 Å². The van der Waals surface area contributed by atoms with Crippen molar-refractivity contribution in [3.63, 3.8) is 0 Å². The maximum absolute atomic E-state index is 11.9. The number of nitrogens with one attached hydrogen (secondary N) is 1. The van der Waals surface area contributed by atoms with Gasteiger partial charge >= 0.3 is 0 Å². The second-order valence-corrected chi connectivity index (χ2v) is 7.99. The average molecular weight is 368 g/mol. The van der Waals surface area contributed by atoms with Crippen LogP contribution in [0.25, 0.3) is 0 Å². The molecule has 1 saturated heterocycles. The number of hydrogen-bond acceptors (Lipinski definition) is 5. The number of fused-ring (bicyclic) bond motifs is 1. The molecule has 2 aliphatic rings. The summed E-state index contributed by atoms with van der Waals surface area (Å²) in [5.41, 5.74) is 2.22. The van der Waals surface area contributed by atoms with Crippen LogP contribution in [0.1, 0.15) is 23.6 Å². The van der Waals surface area contributed by atoms with E-state index in [1.54, 1.807) is 11.8 Å². The third kappa shape index (κ3) is 3.06. The first kappa shape index (κ1) is 17.3. The lowest BCUT2D eigenvalue weighted by molar-refractivity contribution is -0.00448. The molecule has 0 saturated carbocycles. The van der Waals surface area contributed by atoms with Gasteiger partial charge in [0, 0.05) is 38.2 Å². The van der Waals surface area contributed by atoms with Gasteiger partial charge in [0.05, 0.1) is 11.9 Å². The highest BCUT2D eigenvalue weighted by atomic mass is 32.2. The van der Waals surface area contributed by atoms with Crippen molar-refractivity contribution in [1.29, 1.82) is 0 Å². The summed E-state index contributed by atoms with van der Waals surface area (Å²) in [6.45, 7) is 0.834. The van der Waals surface area contributed by atoms with Crippen LogP contribution in [0, 0.1) is 0 Å². The molecule has 2 atom stereocenters. The van der Waals surface area contributed by atoms with E-state index in [9.17, 15) is 5.11 Å². The highest BCUT2D eigenvalue weighted by Gasteiger charge is 2.43. The van der Waals surface area contributed by atoms with Gasteiger partial charge in [0.1, 0.15) is 11.4 Å². The normalized spacial score (nSPS) is 25.1. The fraction of sp³-hybridized carbons (Fsp3) is 0.333. The second kappa shape index (κ2) is 6.89. The summed E-state index contributed by atoms with van der Waals surface area (Å²) in [6, 6.07) is 18.4. The van der Waals surface area contributed by atoms with Crippen molar-refractivity contribution in [1.82, 2.24) is 10.2 Å². The van der Waals surface area contributed by atoms with E-state index in [4.69, 9.17) is 0 Å². The average Bonchev–Trinajstić information content (AvgIpc) is 3.06. The molecular formula is C21H25N3OS. The quantitative estimate of drug-likeness (QED) is 0.869. The molecule has 4 rings (SSSR count). The molecule has 4 nitrogen and oxygen atoms in total. The number of thioether (sulfide) groups is 1. The van der Waals surface area contributed by atoms with Gasteiger partial charge in [-0.2, -0.15) is 0 Å². The Morgan fingerprint density at radius 3 is 2.54 bits per heavy atom. The van der Waals surface area contributed by atoms with Crippen molar-refractivity contribution in [3.8, 4) is 0 Å². The fourth-order valence-corrected chi connectivity index (χ4v) is 4.64. The van der Waals surface area contributed by atoms with Gasteiger partial charge in [-0.05, 0) is 23.3 Å². The van der Waals surface area contributed by atoms with Crippen LogP contribution in [0.3, 0.4) is 0 Å². The summed E-state index contributed by atoms with van der Waals surface area (Å²) in [5, 5.41) is 17.7. The van der Waals surface area contributed by atoms with Crippen LogP contribution in [0.4, 0.5) is 5.69 Å². The number of hydrogen-bond donors (Lipinski definition) is 2. The van der Waals surface area contributed by atoms with E-state index < -0.39 is 5.60 Å². The summed E-state index contributed by atoms with van der Waals surface area (Å²) in [5.74, 6) is 2.06. The highest BCUT2D eigenvalue weighted by Crippen LogP contribution is 2.43. The Hall–Kier alpha value is -2.11. The van der Waals surface area contributed by atoms with E-state index >= 15 is 0 Å². The lowest BCUT2D eigenvalue weighted by Gasteiger charge is -2.36. The standard InChI is InChI=1S/C21H25N3OS/c1-23(2)18-10-8-17(9-11-18)21(25)12-13-24-15-26-14-19(24)22-20(21)16-6-4-3-5-7-16/h3-11,14,20,22,25H,12-13,15H2,1-2H3. The van der Waals surface area contributed by atoms with Crippen molar-refractivity contribution in [2.75, 3.05) is 31.4 Å². The molecule has 2 heterocycles. The smallest absolute Gasteiger partial charge is 0.116 e. The molecule has 0 amide bonds. The molecule has 0 spiro atoms. The van der Waals surface area contributed by atoms with E-state index in [0.29, 0.717) is 6.42 Å². The first-order valence-electron chi connectivity index (χ1n) is 8.96. The molecule has 2 aromatic rings. The summed E-state index contributed by atoms with van der Waals surface area (Å²) < 4.78 is 0. The van der Waals surface area contributed by atoms with Crippen molar-refractivity contribution >= 4 is 17.4 Å². The predicted octanol–water partition coefficient (Wildman–Crippen LogP) is 3.48. The summed E-state index contributed by atoms with van der Waals surface area (Å²) in [4.78, 5) is 4.39. The second-order valence-electron chi connectivity index (χ2n) is 7.17. The molecule has 26 heavy (non-hydrogen) atoms. The van der Waals surface area contributed by atoms with Crippen molar-refractivity contribution in [3.05, 3.63) is 77.0 Å². The third-order valence-electron chi connectivity index (χ3n) is 5.32. The lowest BCUT2D eigenvalue weighted by Crippen LogP contribution is -2.40. The summed E-state index contributed by atoms with van der Waals surface area (Å²) >= 11 is 1.80. The van der Waals surface area contributed by atoms with Crippen LogP contribution in [0.15, 0.2) is 65.8 Å². The molecule has 136 valence electrons. The molecule has 2 unspecified atom stereocenters. The van der Waals surface area contributed by atoms with Crippen molar-refractivity contribution < 1.29 is 5.11 Å². The van der Waals surface area contributed by atoms with E-state index in [1.165, 1.54) is 0 Å². The minimum absolute atomic E-state index is 0.191. The Bertz CT molecular complexity index is 791. The van der Waals surface area contributed by atoms with Gasteiger partial charge in [-0.25, -0.2) is 0 Å². The third-order valence-corrected chi connectivity index (χ3v) is 6.17. The van der Waals surface area contributed by atoms with Crippen LogP contribution in [-0.2, 0) is 5.60 Å². The molecule has 0 aromatic heterocycles. The maximum Gasteiger partial charge on any atom is 0.116 e. The number of benzene rings is 2.